The van der Waals surface area contributed by atoms with E-state index in [4.69, 9.17) is 0 Å². The van der Waals surface area contributed by atoms with Crippen molar-refractivity contribution >= 4 is 7.80 Å². The first-order chi connectivity index (χ1) is 11.2. The molecule has 1 unspecified atom stereocenters. The molecule has 0 amide bonds. The van der Waals surface area contributed by atoms with Crippen molar-refractivity contribution in [3.63, 3.8) is 0 Å². The van der Waals surface area contributed by atoms with E-state index < -0.39 is 7.80 Å². The zero-order valence-corrected chi connectivity index (χ0v) is 14.1. The Morgan fingerprint density at radius 2 is 0.957 bits per heavy atom. The Balaban J connectivity index is 2.32. The second-order valence-electron chi connectivity index (χ2n) is 5.79. The number of rotatable bonds is 5. The smallest absolute Gasteiger partial charge is 0.0751 e. The molecule has 3 rings (SSSR count). The Morgan fingerprint density at radius 1 is 0.652 bits per heavy atom. The minimum Gasteiger partial charge on any atom is -0.0751 e. The van der Waals surface area contributed by atoms with Crippen LogP contribution in [-0.2, 0) is 9.98 Å². The highest BCUT2D eigenvalue weighted by Gasteiger charge is 2.41. The van der Waals surface area contributed by atoms with Crippen LogP contribution in [0.15, 0.2) is 91.0 Å². The summed E-state index contributed by atoms with van der Waals surface area (Å²) in [7, 11) is -1.31. The number of hydrogen-bond acceptors (Lipinski definition) is 1. The Morgan fingerprint density at radius 3 is 1.22 bits per heavy atom. The first-order valence-corrected chi connectivity index (χ1v) is 9.67. The fourth-order valence-electron chi connectivity index (χ4n) is 3.28. The molecule has 3 aromatic carbocycles. The molecule has 0 radical (unpaired) electrons. The van der Waals surface area contributed by atoms with E-state index >= 15 is 0 Å². The van der Waals surface area contributed by atoms with Crippen molar-refractivity contribution in [2.24, 2.45) is 0 Å². The highest BCUT2D eigenvalue weighted by Crippen LogP contribution is 2.44. The summed E-state index contributed by atoms with van der Waals surface area (Å²) in [4.78, 5) is 0. The molecule has 0 fully saturated rings. The lowest BCUT2D eigenvalue weighted by Crippen LogP contribution is -2.32. The van der Waals surface area contributed by atoms with Crippen LogP contribution in [0.2, 0.25) is 0 Å². The van der Waals surface area contributed by atoms with E-state index in [0.29, 0.717) is 6.16 Å². The van der Waals surface area contributed by atoms with Crippen LogP contribution >= 0.6 is 7.80 Å². The standard InChI is InChI=1S/C21H20OP/c1-23(22)17-21(18-11-5-2-6-12-18,19-13-7-3-8-14-19)20-15-9-4-10-16-20/h2-16H,17H2,1H3/q+1. The molecule has 0 saturated heterocycles. The molecule has 23 heavy (non-hydrogen) atoms. The lowest BCUT2D eigenvalue weighted by Gasteiger charge is -2.32. The molecule has 0 spiro atoms. The zero-order chi connectivity index (χ0) is 16.1. The molecule has 0 aliphatic carbocycles. The Bertz CT molecular complexity index is 670. The lowest BCUT2D eigenvalue weighted by atomic mass is 9.71. The average molecular weight is 319 g/mol. The van der Waals surface area contributed by atoms with E-state index in [2.05, 4.69) is 72.8 Å². The molecule has 0 N–H and O–H groups in total. The summed E-state index contributed by atoms with van der Waals surface area (Å²) in [6.07, 6.45) is 0.598. The fourth-order valence-corrected chi connectivity index (χ4v) is 4.49. The van der Waals surface area contributed by atoms with E-state index in [9.17, 15) is 4.57 Å². The van der Waals surface area contributed by atoms with E-state index in [-0.39, 0.29) is 5.41 Å². The SMILES string of the molecule is C[P+](=O)CC(c1ccccc1)(c1ccccc1)c1ccccc1. The van der Waals surface area contributed by atoms with Crippen LogP contribution in [-0.4, -0.2) is 12.8 Å². The van der Waals surface area contributed by atoms with Gasteiger partial charge >= 0.3 is 7.80 Å². The summed E-state index contributed by atoms with van der Waals surface area (Å²) in [6.45, 7) is 1.82. The predicted molar refractivity (Wildman–Crippen MR) is 97.6 cm³/mol. The van der Waals surface area contributed by atoms with Crippen LogP contribution < -0.4 is 0 Å². The summed E-state index contributed by atoms with van der Waals surface area (Å²) in [5, 5.41) is 0. The Hall–Kier alpha value is -2.24. The number of benzene rings is 3. The molecule has 0 heterocycles. The third-order valence-corrected chi connectivity index (χ3v) is 5.18. The van der Waals surface area contributed by atoms with Crippen molar-refractivity contribution in [2.45, 2.75) is 5.41 Å². The van der Waals surface area contributed by atoms with E-state index in [1.165, 1.54) is 16.7 Å². The van der Waals surface area contributed by atoms with Crippen LogP contribution in [0.3, 0.4) is 0 Å². The molecular weight excluding hydrogens is 299 g/mol. The van der Waals surface area contributed by atoms with Gasteiger partial charge in [0.25, 0.3) is 0 Å². The number of hydrogen-bond donors (Lipinski definition) is 0. The molecule has 1 atom stereocenters. The maximum absolute atomic E-state index is 12.3. The molecule has 0 saturated carbocycles. The van der Waals surface area contributed by atoms with Crippen molar-refractivity contribution in [3.8, 4) is 0 Å². The van der Waals surface area contributed by atoms with Gasteiger partial charge in [0.1, 0.15) is 6.66 Å². The largest absolute Gasteiger partial charge is 0.337 e. The van der Waals surface area contributed by atoms with Crippen LogP contribution in [0.25, 0.3) is 0 Å². The predicted octanol–water partition coefficient (Wildman–Crippen LogP) is 5.48. The summed E-state index contributed by atoms with van der Waals surface area (Å²) in [6, 6.07) is 31.2. The second-order valence-corrected chi connectivity index (χ2v) is 7.36. The van der Waals surface area contributed by atoms with Gasteiger partial charge in [-0.1, -0.05) is 95.6 Å². The van der Waals surface area contributed by atoms with E-state index in [1.54, 1.807) is 0 Å². The normalized spacial score (nSPS) is 12.0. The Kier molecular flexibility index (Phi) is 4.69. The monoisotopic (exact) mass is 319 g/mol. The van der Waals surface area contributed by atoms with Crippen molar-refractivity contribution in [1.82, 2.24) is 0 Å². The quantitative estimate of drug-likeness (QED) is 0.449. The highest BCUT2D eigenvalue weighted by molar-refractivity contribution is 7.43. The van der Waals surface area contributed by atoms with Crippen LogP contribution in [0.4, 0.5) is 0 Å². The van der Waals surface area contributed by atoms with Gasteiger partial charge in [-0.2, -0.15) is 0 Å². The summed E-state index contributed by atoms with van der Waals surface area (Å²) < 4.78 is 12.3. The summed E-state index contributed by atoms with van der Waals surface area (Å²) >= 11 is 0. The van der Waals surface area contributed by atoms with E-state index in [0.717, 1.165) is 0 Å². The maximum atomic E-state index is 12.3. The molecule has 0 bridgehead atoms. The molecule has 0 aromatic heterocycles. The zero-order valence-electron chi connectivity index (χ0n) is 13.2. The van der Waals surface area contributed by atoms with Crippen molar-refractivity contribution < 1.29 is 4.57 Å². The molecule has 1 nitrogen and oxygen atoms in total. The molecule has 2 heteroatoms. The van der Waals surface area contributed by atoms with Crippen LogP contribution in [0.1, 0.15) is 16.7 Å². The van der Waals surface area contributed by atoms with E-state index in [1.807, 2.05) is 24.9 Å². The third kappa shape index (κ3) is 3.11. The first kappa shape index (κ1) is 15.6. The van der Waals surface area contributed by atoms with Gasteiger partial charge in [0.05, 0.1) is 5.41 Å². The fraction of sp³-hybridized carbons (Fsp3) is 0.143. The average Bonchev–Trinajstić information content (AvgIpc) is 2.62. The summed E-state index contributed by atoms with van der Waals surface area (Å²) in [5.74, 6) is 0. The molecule has 0 aliphatic rings. The molecule has 114 valence electrons. The summed E-state index contributed by atoms with van der Waals surface area (Å²) in [5.41, 5.74) is 3.17. The van der Waals surface area contributed by atoms with Crippen molar-refractivity contribution in [1.29, 1.82) is 0 Å². The third-order valence-electron chi connectivity index (χ3n) is 4.26. The highest BCUT2D eigenvalue weighted by atomic mass is 31.1. The molecular formula is C21H20OP+. The second kappa shape index (κ2) is 6.89. The first-order valence-electron chi connectivity index (χ1n) is 7.78. The van der Waals surface area contributed by atoms with Crippen LogP contribution in [0.5, 0.6) is 0 Å². The van der Waals surface area contributed by atoms with Gasteiger partial charge in [0.2, 0.25) is 0 Å². The Labute approximate surface area is 138 Å². The van der Waals surface area contributed by atoms with Crippen LogP contribution in [0, 0.1) is 0 Å². The van der Waals surface area contributed by atoms with Gasteiger partial charge in [0.15, 0.2) is 6.16 Å². The van der Waals surface area contributed by atoms with Gasteiger partial charge in [-0.3, -0.25) is 0 Å². The molecule has 0 aliphatic heterocycles. The van der Waals surface area contributed by atoms with Gasteiger partial charge < -0.3 is 0 Å². The van der Waals surface area contributed by atoms with Crippen molar-refractivity contribution in [2.75, 3.05) is 12.8 Å². The maximum Gasteiger partial charge on any atom is 0.337 e. The topological polar surface area (TPSA) is 17.1 Å². The van der Waals surface area contributed by atoms with Gasteiger partial charge in [-0.15, -0.1) is 0 Å². The lowest BCUT2D eigenvalue weighted by molar-refractivity contribution is 0.580. The molecule has 3 aromatic rings. The minimum absolute atomic E-state index is 0.383. The van der Waals surface area contributed by atoms with Crippen molar-refractivity contribution in [3.05, 3.63) is 108 Å². The van der Waals surface area contributed by atoms with Gasteiger partial charge in [0, 0.05) is 0 Å². The minimum atomic E-state index is -1.31. The van der Waals surface area contributed by atoms with Gasteiger partial charge in [-0.25, -0.2) is 0 Å². The van der Waals surface area contributed by atoms with Gasteiger partial charge in [-0.05, 0) is 16.7 Å².